The number of nitrogens with two attached hydrogens (primary N) is 1. The van der Waals surface area contributed by atoms with Crippen LogP contribution in [0.5, 0.6) is 0 Å². The molecule has 0 aliphatic heterocycles. The van der Waals surface area contributed by atoms with Gasteiger partial charge in [-0.2, -0.15) is 18.3 Å². The van der Waals surface area contributed by atoms with Gasteiger partial charge in [-0.25, -0.2) is 19.5 Å². The molecule has 0 spiro atoms. The highest BCUT2D eigenvalue weighted by Crippen LogP contribution is 2.29. The third kappa shape index (κ3) is 8.49. The summed E-state index contributed by atoms with van der Waals surface area (Å²) in [4.78, 5) is 32.5. The number of nitrogen functional groups attached to an aromatic ring is 1. The number of rotatable bonds is 9. The molecule has 8 nitrogen and oxygen atoms in total. The number of anilines is 1. The minimum Gasteiger partial charge on any atom is -0.397 e. The second-order valence-corrected chi connectivity index (χ2v) is 8.38. The first-order valence-corrected chi connectivity index (χ1v) is 11.9. The Hall–Kier alpha value is -4.09. The first-order valence-electron chi connectivity index (χ1n) is 11.9. The molecule has 0 amide bonds. The highest BCUT2D eigenvalue weighted by Gasteiger charge is 2.36. The number of nitrogens with zero attached hydrogens (tertiary/aromatic N) is 4. The van der Waals surface area contributed by atoms with Gasteiger partial charge in [0.25, 0.3) is 5.56 Å². The van der Waals surface area contributed by atoms with Gasteiger partial charge in [0.05, 0.1) is 17.4 Å². The predicted molar refractivity (Wildman–Crippen MR) is 138 cm³/mol. The number of carbonyl (C=O) groups excluding carboxylic acids is 1. The maximum absolute atomic E-state index is 14.4. The van der Waals surface area contributed by atoms with Crippen LogP contribution in [0.4, 0.5) is 23.2 Å². The molecule has 0 atom stereocenters. The Kier molecular flexibility index (Phi) is 11.1. The summed E-state index contributed by atoms with van der Waals surface area (Å²) >= 11 is 0. The number of hydrogen-bond donors (Lipinski definition) is 2. The number of aryl methyl sites for hydroxylation is 1. The van der Waals surface area contributed by atoms with Gasteiger partial charge in [-0.3, -0.25) is 9.59 Å². The molecule has 0 unspecified atom stereocenters. The molecular formula is C26H30F4N6O2. The third-order valence-corrected chi connectivity index (χ3v) is 5.45. The molecule has 3 aromatic rings. The summed E-state index contributed by atoms with van der Waals surface area (Å²) in [6.07, 6.45) is 8.12. The molecule has 2 heterocycles. The van der Waals surface area contributed by atoms with Gasteiger partial charge in [-0.05, 0) is 48.4 Å². The average Bonchev–Trinajstić information content (AvgIpc) is 2.87. The van der Waals surface area contributed by atoms with Crippen molar-refractivity contribution in [3.63, 3.8) is 0 Å². The van der Waals surface area contributed by atoms with E-state index in [1.165, 1.54) is 18.9 Å². The Balaban J connectivity index is 0.000000352. The van der Waals surface area contributed by atoms with Crippen LogP contribution >= 0.6 is 0 Å². The van der Waals surface area contributed by atoms with Crippen LogP contribution in [0.2, 0.25) is 0 Å². The number of H-pyrrole nitrogens is 1. The first kappa shape index (κ1) is 30.1. The van der Waals surface area contributed by atoms with Crippen molar-refractivity contribution in [2.45, 2.75) is 45.7 Å². The SMILES string of the molecule is CCCCCN(C)/C=C\c1cc(-c2ncc(CC)cn2)c(F)cc1C=O.Nc1cn[nH]c(=O)c1C(F)(F)F. The fourth-order valence-corrected chi connectivity index (χ4v) is 3.30. The maximum atomic E-state index is 14.4. The van der Waals surface area contributed by atoms with E-state index in [0.717, 1.165) is 31.1 Å². The molecule has 2 aromatic heterocycles. The minimum absolute atomic E-state index is 0.298. The number of carbonyl (C=O) groups is 1. The fraction of sp³-hybridized carbons (Fsp3) is 0.346. The topological polar surface area (TPSA) is 118 Å². The highest BCUT2D eigenvalue weighted by molar-refractivity contribution is 5.84. The number of unbranched alkanes of at least 4 members (excludes halogenated alkanes) is 2. The van der Waals surface area contributed by atoms with E-state index in [4.69, 9.17) is 5.73 Å². The van der Waals surface area contributed by atoms with Gasteiger partial charge in [0.1, 0.15) is 11.4 Å². The van der Waals surface area contributed by atoms with Crippen LogP contribution in [0.3, 0.4) is 0 Å². The number of nitrogens with one attached hydrogen (secondary N) is 1. The average molecular weight is 535 g/mol. The molecule has 0 aliphatic rings. The molecule has 0 saturated heterocycles. The summed E-state index contributed by atoms with van der Waals surface area (Å²) in [7, 11) is 1.99. The molecule has 1 aromatic carbocycles. The van der Waals surface area contributed by atoms with Crippen LogP contribution in [0.1, 0.15) is 60.2 Å². The zero-order valence-corrected chi connectivity index (χ0v) is 21.3. The molecule has 12 heteroatoms. The van der Waals surface area contributed by atoms with Gasteiger partial charge in [-0.1, -0.05) is 26.7 Å². The lowest BCUT2D eigenvalue weighted by Gasteiger charge is -2.13. The number of hydrogen-bond acceptors (Lipinski definition) is 7. The second-order valence-electron chi connectivity index (χ2n) is 8.38. The predicted octanol–water partition coefficient (Wildman–Crippen LogP) is 5.12. The molecule has 0 saturated carbocycles. The monoisotopic (exact) mass is 534 g/mol. The molecule has 204 valence electrons. The number of aromatic amines is 1. The normalized spacial score (nSPS) is 11.2. The molecule has 0 fully saturated rings. The number of aldehydes is 1. The second kappa shape index (κ2) is 14.0. The summed E-state index contributed by atoms with van der Waals surface area (Å²) < 4.78 is 50.4. The van der Waals surface area contributed by atoms with Crippen molar-refractivity contribution >= 4 is 18.0 Å². The van der Waals surface area contributed by atoms with Crippen molar-refractivity contribution in [1.29, 1.82) is 0 Å². The fourth-order valence-electron chi connectivity index (χ4n) is 3.30. The molecule has 0 bridgehead atoms. The number of aromatic nitrogens is 4. The van der Waals surface area contributed by atoms with E-state index in [9.17, 15) is 27.2 Å². The van der Waals surface area contributed by atoms with E-state index in [2.05, 4.69) is 26.9 Å². The molecule has 38 heavy (non-hydrogen) atoms. The lowest BCUT2D eigenvalue weighted by Crippen LogP contribution is -2.24. The van der Waals surface area contributed by atoms with Crippen molar-refractivity contribution in [3.05, 3.63) is 75.3 Å². The smallest absolute Gasteiger partial charge is 0.397 e. The zero-order valence-electron chi connectivity index (χ0n) is 21.3. The molecule has 0 radical (unpaired) electrons. The molecule has 3 rings (SSSR count). The van der Waals surface area contributed by atoms with Gasteiger partial charge >= 0.3 is 6.18 Å². The van der Waals surface area contributed by atoms with Crippen molar-refractivity contribution in [3.8, 4) is 11.4 Å². The van der Waals surface area contributed by atoms with E-state index in [-0.39, 0.29) is 0 Å². The maximum Gasteiger partial charge on any atom is 0.423 e. The van der Waals surface area contributed by atoms with Crippen LogP contribution < -0.4 is 11.3 Å². The standard InChI is InChI=1S/C21H26FN3O.C5H4F3N3O/c1-4-6-7-9-25(3)10-8-17-11-19(20(22)12-18(17)15-26)21-23-13-16(5-2)14-24-21;6-5(7,8)3-2(9)1-10-11-4(3)12/h8,10-15H,4-7,9H2,1-3H3;1H,(H3,9,11,12)/b10-8-;. The number of alkyl halides is 3. The lowest BCUT2D eigenvalue weighted by molar-refractivity contribution is -0.138. The van der Waals surface area contributed by atoms with E-state index in [1.807, 2.05) is 26.2 Å². The summed E-state index contributed by atoms with van der Waals surface area (Å²) in [5.74, 6) is -0.173. The number of benzene rings is 1. The van der Waals surface area contributed by atoms with E-state index >= 15 is 0 Å². The van der Waals surface area contributed by atoms with E-state index in [1.54, 1.807) is 23.6 Å². The summed E-state index contributed by atoms with van der Waals surface area (Å²) in [6, 6.07) is 2.88. The van der Waals surface area contributed by atoms with Gasteiger partial charge in [-0.15, -0.1) is 0 Å². The highest BCUT2D eigenvalue weighted by atomic mass is 19.4. The van der Waals surface area contributed by atoms with Crippen molar-refractivity contribution in [1.82, 2.24) is 25.1 Å². The molecular weight excluding hydrogens is 504 g/mol. The van der Waals surface area contributed by atoms with E-state index in [0.29, 0.717) is 28.8 Å². The van der Waals surface area contributed by atoms with Crippen LogP contribution in [-0.4, -0.2) is 44.9 Å². The van der Waals surface area contributed by atoms with Gasteiger partial charge in [0.2, 0.25) is 0 Å². The number of halogens is 4. The Bertz CT molecular complexity index is 1290. The Morgan fingerprint density at radius 1 is 1.08 bits per heavy atom. The van der Waals surface area contributed by atoms with Gasteiger partial charge < -0.3 is 10.6 Å². The summed E-state index contributed by atoms with van der Waals surface area (Å²) in [6.45, 7) is 5.12. The van der Waals surface area contributed by atoms with Gasteiger partial charge in [0.15, 0.2) is 12.1 Å². The largest absolute Gasteiger partial charge is 0.423 e. The molecule has 3 N–H and O–H groups in total. The van der Waals surface area contributed by atoms with Crippen LogP contribution in [-0.2, 0) is 12.6 Å². The van der Waals surface area contributed by atoms with Crippen LogP contribution in [0.15, 0.2) is 41.7 Å². The summed E-state index contributed by atoms with van der Waals surface area (Å²) in [5, 5.41) is 4.74. The Morgan fingerprint density at radius 3 is 2.29 bits per heavy atom. The van der Waals surface area contributed by atoms with Gasteiger partial charge in [0, 0.05) is 31.5 Å². The first-order chi connectivity index (χ1) is 18.0. The van der Waals surface area contributed by atoms with Crippen LogP contribution in [0, 0.1) is 5.82 Å². The van der Waals surface area contributed by atoms with Crippen molar-refractivity contribution in [2.24, 2.45) is 0 Å². The quantitative estimate of drug-likeness (QED) is 0.222. The van der Waals surface area contributed by atoms with E-state index < -0.39 is 28.8 Å². The third-order valence-electron chi connectivity index (χ3n) is 5.45. The lowest BCUT2D eigenvalue weighted by atomic mass is 10.0. The van der Waals surface area contributed by atoms with Crippen molar-refractivity contribution in [2.75, 3.05) is 19.3 Å². The minimum atomic E-state index is -4.74. The summed E-state index contributed by atoms with van der Waals surface area (Å²) in [5.41, 5.74) is 3.75. The van der Waals surface area contributed by atoms with Crippen LogP contribution in [0.25, 0.3) is 17.5 Å². The Morgan fingerprint density at radius 2 is 1.76 bits per heavy atom. The van der Waals surface area contributed by atoms with Crippen molar-refractivity contribution < 1.29 is 22.4 Å². The molecule has 0 aliphatic carbocycles. The zero-order chi connectivity index (χ0) is 28.3. The Labute approximate surface area is 217 Å².